The van der Waals surface area contributed by atoms with Crippen LogP contribution in [0, 0.1) is 0 Å². The number of amides is 1. The number of alkyl carbamates (subject to hydrolysis) is 1. The Balaban J connectivity index is 2.17. The van der Waals surface area contributed by atoms with Gasteiger partial charge in [0.05, 0.1) is 24.8 Å². The van der Waals surface area contributed by atoms with E-state index in [2.05, 4.69) is 10.1 Å². The van der Waals surface area contributed by atoms with Crippen molar-refractivity contribution >= 4 is 12.1 Å². The Morgan fingerprint density at radius 1 is 1.32 bits per heavy atom. The molecule has 1 aliphatic rings. The van der Waals surface area contributed by atoms with Gasteiger partial charge in [0.25, 0.3) is 0 Å². The molecule has 0 fully saturated rings. The van der Waals surface area contributed by atoms with Gasteiger partial charge in [-0.3, -0.25) is 0 Å². The van der Waals surface area contributed by atoms with Gasteiger partial charge in [-0.15, -0.1) is 0 Å². The van der Waals surface area contributed by atoms with E-state index in [1.807, 2.05) is 0 Å². The fraction of sp³-hybridized carbons (Fsp3) is 0.500. The van der Waals surface area contributed by atoms with E-state index in [-0.39, 0.29) is 0 Å². The lowest BCUT2D eigenvalue weighted by Gasteiger charge is -2.23. The van der Waals surface area contributed by atoms with E-state index in [1.165, 1.54) is 7.11 Å². The zero-order chi connectivity index (χ0) is 16.5. The third kappa shape index (κ3) is 3.57. The number of hydrogen-bond donors (Lipinski definition) is 2. The number of nitrogens with one attached hydrogen (secondary N) is 1. The summed E-state index contributed by atoms with van der Waals surface area (Å²) < 4.78 is 9.89. The maximum Gasteiger partial charge on any atom is 0.408 e. The summed E-state index contributed by atoms with van der Waals surface area (Å²) in [6.45, 7) is 5.32. The zero-order valence-electron chi connectivity index (χ0n) is 13.2. The standard InChI is InChI=1S/C16H21NO5/c1-16(2,3)22-15(20)17-13-11-6-5-9(14(19)21-4)7-10(11)8-12(13)18/h5-7,12-13,18H,8H2,1-4H3,(H,17,20)/t12-,13+/m0/s1. The molecular weight excluding hydrogens is 286 g/mol. The summed E-state index contributed by atoms with van der Waals surface area (Å²) in [6, 6.07) is 4.48. The summed E-state index contributed by atoms with van der Waals surface area (Å²) in [5.74, 6) is -0.430. The van der Waals surface area contributed by atoms with Gasteiger partial charge >= 0.3 is 12.1 Å². The molecule has 120 valence electrons. The van der Waals surface area contributed by atoms with E-state index in [4.69, 9.17) is 4.74 Å². The molecule has 0 aromatic heterocycles. The third-order valence-electron chi connectivity index (χ3n) is 3.39. The molecule has 0 bridgehead atoms. The van der Waals surface area contributed by atoms with Crippen molar-refractivity contribution in [1.29, 1.82) is 0 Å². The highest BCUT2D eigenvalue weighted by atomic mass is 16.6. The van der Waals surface area contributed by atoms with Gasteiger partial charge in [0.2, 0.25) is 0 Å². The number of carbonyl (C=O) groups is 2. The van der Waals surface area contributed by atoms with Gasteiger partial charge in [-0.25, -0.2) is 9.59 Å². The molecule has 0 unspecified atom stereocenters. The molecule has 0 saturated heterocycles. The van der Waals surface area contributed by atoms with Crippen LogP contribution in [0.3, 0.4) is 0 Å². The number of aliphatic hydroxyl groups excluding tert-OH is 1. The first-order chi connectivity index (χ1) is 10.2. The van der Waals surface area contributed by atoms with Crippen molar-refractivity contribution < 1.29 is 24.2 Å². The minimum Gasteiger partial charge on any atom is -0.465 e. The van der Waals surface area contributed by atoms with Crippen LogP contribution in [0.1, 0.15) is 48.3 Å². The van der Waals surface area contributed by atoms with Gasteiger partial charge in [0.15, 0.2) is 0 Å². The summed E-state index contributed by atoms with van der Waals surface area (Å²) in [4.78, 5) is 23.4. The second kappa shape index (κ2) is 5.96. The highest BCUT2D eigenvalue weighted by molar-refractivity contribution is 5.89. The van der Waals surface area contributed by atoms with Crippen LogP contribution in [-0.2, 0) is 15.9 Å². The van der Waals surface area contributed by atoms with E-state index in [0.29, 0.717) is 12.0 Å². The first-order valence-corrected chi connectivity index (χ1v) is 7.10. The Morgan fingerprint density at radius 2 is 2.00 bits per heavy atom. The quantitative estimate of drug-likeness (QED) is 0.816. The fourth-order valence-electron chi connectivity index (χ4n) is 2.49. The maximum atomic E-state index is 11.9. The summed E-state index contributed by atoms with van der Waals surface area (Å²) >= 11 is 0. The summed E-state index contributed by atoms with van der Waals surface area (Å²) in [6.07, 6.45) is -0.975. The predicted molar refractivity (Wildman–Crippen MR) is 79.6 cm³/mol. The van der Waals surface area contributed by atoms with Gasteiger partial charge in [0.1, 0.15) is 5.60 Å². The van der Waals surface area contributed by atoms with Gasteiger partial charge < -0.3 is 19.9 Å². The number of esters is 1. The number of benzene rings is 1. The Labute approximate surface area is 129 Å². The molecule has 0 spiro atoms. The molecule has 0 radical (unpaired) electrons. The monoisotopic (exact) mass is 307 g/mol. The summed E-state index contributed by atoms with van der Waals surface area (Å²) in [5, 5.41) is 12.8. The third-order valence-corrected chi connectivity index (χ3v) is 3.39. The van der Waals surface area contributed by atoms with Gasteiger partial charge in [0, 0.05) is 6.42 Å². The van der Waals surface area contributed by atoms with E-state index in [0.717, 1.165) is 11.1 Å². The summed E-state index contributed by atoms with van der Waals surface area (Å²) in [5.41, 5.74) is 1.42. The Bertz CT molecular complexity index is 591. The minimum atomic E-state index is -0.754. The number of fused-ring (bicyclic) bond motifs is 1. The Kier molecular flexibility index (Phi) is 4.42. The first kappa shape index (κ1) is 16.3. The fourth-order valence-corrected chi connectivity index (χ4v) is 2.49. The first-order valence-electron chi connectivity index (χ1n) is 7.10. The van der Waals surface area contributed by atoms with Crippen LogP contribution in [0.5, 0.6) is 0 Å². The van der Waals surface area contributed by atoms with Crippen LogP contribution in [-0.4, -0.2) is 36.0 Å². The second-order valence-electron chi connectivity index (χ2n) is 6.30. The number of hydrogen-bond acceptors (Lipinski definition) is 5. The number of carbonyl (C=O) groups excluding carboxylic acids is 2. The number of rotatable bonds is 2. The Morgan fingerprint density at radius 3 is 2.59 bits per heavy atom. The average Bonchev–Trinajstić information content (AvgIpc) is 2.71. The van der Waals surface area contributed by atoms with Crippen LogP contribution >= 0.6 is 0 Å². The topological polar surface area (TPSA) is 84.9 Å². The number of ether oxygens (including phenoxy) is 2. The smallest absolute Gasteiger partial charge is 0.408 e. The summed E-state index contributed by atoms with van der Waals surface area (Å²) in [7, 11) is 1.32. The second-order valence-corrected chi connectivity index (χ2v) is 6.30. The van der Waals surface area contributed by atoms with Crippen molar-refractivity contribution in [3.05, 3.63) is 34.9 Å². The van der Waals surface area contributed by atoms with Crippen molar-refractivity contribution in [2.24, 2.45) is 0 Å². The number of aliphatic hydroxyl groups is 1. The highest BCUT2D eigenvalue weighted by Crippen LogP contribution is 2.32. The molecule has 6 nitrogen and oxygen atoms in total. The molecule has 1 amide bonds. The van der Waals surface area contributed by atoms with Crippen molar-refractivity contribution in [2.75, 3.05) is 7.11 Å². The molecule has 2 atom stereocenters. The van der Waals surface area contributed by atoms with Crippen LogP contribution < -0.4 is 5.32 Å². The van der Waals surface area contributed by atoms with Gasteiger partial charge in [-0.05, 0) is 44.0 Å². The van der Waals surface area contributed by atoms with Crippen molar-refractivity contribution in [3.63, 3.8) is 0 Å². The molecule has 6 heteroatoms. The van der Waals surface area contributed by atoms with E-state index >= 15 is 0 Å². The molecule has 0 saturated carbocycles. The van der Waals surface area contributed by atoms with E-state index in [9.17, 15) is 14.7 Å². The van der Waals surface area contributed by atoms with Crippen LogP contribution in [0.15, 0.2) is 18.2 Å². The van der Waals surface area contributed by atoms with Gasteiger partial charge in [-0.2, -0.15) is 0 Å². The minimum absolute atomic E-state index is 0.362. The Hall–Kier alpha value is -2.08. The molecular formula is C16H21NO5. The predicted octanol–water partition coefficient (Wildman–Crippen LogP) is 1.96. The zero-order valence-corrected chi connectivity index (χ0v) is 13.2. The van der Waals surface area contributed by atoms with Crippen LogP contribution in [0.25, 0.3) is 0 Å². The van der Waals surface area contributed by atoms with Crippen molar-refractivity contribution in [3.8, 4) is 0 Å². The normalized spacial score (nSPS) is 20.2. The molecule has 1 aromatic carbocycles. The lowest BCUT2D eigenvalue weighted by Crippen LogP contribution is -2.38. The largest absolute Gasteiger partial charge is 0.465 e. The lowest BCUT2D eigenvalue weighted by molar-refractivity contribution is 0.0437. The highest BCUT2D eigenvalue weighted by Gasteiger charge is 2.34. The van der Waals surface area contributed by atoms with E-state index in [1.54, 1.807) is 39.0 Å². The number of methoxy groups -OCH3 is 1. The van der Waals surface area contributed by atoms with Crippen LogP contribution in [0.4, 0.5) is 4.79 Å². The molecule has 1 aromatic rings. The lowest BCUT2D eigenvalue weighted by atomic mass is 10.0. The maximum absolute atomic E-state index is 11.9. The SMILES string of the molecule is COC(=O)c1ccc2c(c1)C[C@H](O)[C@@H]2NC(=O)OC(C)(C)C. The molecule has 1 aliphatic carbocycles. The molecule has 2 rings (SSSR count). The van der Waals surface area contributed by atoms with Crippen molar-refractivity contribution in [1.82, 2.24) is 5.32 Å². The van der Waals surface area contributed by atoms with Crippen LogP contribution in [0.2, 0.25) is 0 Å². The van der Waals surface area contributed by atoms with Crippen molar-refractivity contribution in [2.45, 2.75) is 44.9 Å². The molecule has 0 heterocycles. The molecule has 0 aliphatic heterocycles. The molecule has 2 N–H and O–H groups in total. The van der Waals surface area contributed by atoms with Gasteiger partial charge in [-0.1, -0.05) is 6.07 Å². The average molecular weight is 307 g/mol. The van der Waals surface area contributed by atoms with E-state index < -0.39 is 29.8 Å². The molecule has 22 heavy (non-hydrogen) atoms.